The van der Waals surface area contributed by atoms with Gasteiger partial charge in [-0.15, -0.1) is 0 Å². The van der Waals surface area contributed by atoms with E-state index in [4.69, 9.17) is 4.74 Å². The molecule has 0 saturated carbocycles. The molecule has 2 N–H and O–H groups in total. The highest BCUT2D eigenvalue weighted by atomic mass is 32.2. The van der Waals surface area contributed by atoms with Gasteiger partial charge >= 0.3 is 0 Å². The molecular formula is C22H21FN2O4S. The molecule has 3 aromatic carbocycles. The number of sulfonamides is 1. The average Bonchev–Trinajstić information content (AvgIpc) is 2.69. The van der Waals surface area contributed by atoms with Crippen LogP contribution < -0.4 is 14.8 Å². The zero-order valence-corrected chi connectivity index (χ0v) is 17.2. The molecule has 0 radical (unpaired) electrons. The number of halogens is 1. The van der Waals surface area contributed by atoms with E-state index in [-0.39, 0.29) is 22.6 Å². The molecule has 156 valence electrons. The Bertz CT molecular complexity index is 1110. The minimum atomic E-state index is -3.85. The van der Waals surface area contributed by atoms with Crippen molar-refractivity contribution in [3.63, 3.8) is 0 Å². The summed E-state index contributed by atoms with van der Waals surface area (Å²) in [6.45, 7) is 3.86. The van der Waals surface area contributed by atoms with Crippen LogP contribution >= 0.6 is 0 Å². The third kappa shape index (κ3) is 5.57. The third-order valence-electron chi connectivity index (χ3n) is 4.01. The van der Waals surface area contributed by atoms with E-state index in [1.54, 1.807) is 24.3 Å². The molecule has 1 amide bonds. The Labute approximate surface area is 174 Å². The predicted molar refractivity (Wildman–Crippen MR) is 114 cm³/mol. The van der Waals surface area contributed by atoms with Crippen LogP contribution in [0.3, 0.4) is 0 Å². The SMILES string of the molecule is CC(C)Oc1ccc(NC(=O)c2ccc(NS(=O)(=O)c3ccc(F)cc3)cc2)cc1. The molecule has 30 heavy (non-hydrogen) atoms. The van der Waals surface area contributed by atoms with Crippen LogP contribution in [0.2, 0.25) is 0 Å². The van der Waals surface area contributed by atoms with Crippen molar-refractivity contribution in [1.82, 2.24) is 0 Å². The summed E-state index contributed by atoms with van der Waals surface area (Å²) in [5.74, 6) is -0.146. The second kappa shape index (κ2) is 8.96. The normalized spacial score (nSPS) is 11.2. The molecule has 0 unspecified atom stereocenters. The zero-order chi connectivity index (χ0) is 21.7. The number of anilines is 2. The fourth-order valence-corrected chi connectivity index (χ4v) is 3.67. The van der Waals surface area contributed by atoms with E-state index in [9.17, 15) is 17.6 Å². The van der Waals surface area contributed by atoms with Crippen molar-refractivity contribution in [3.05, 3.63) is 84.2 Å². The molecule has 0 saturated heterocycles. The molecule has 3 rings (SSSR count). The summed E-state index contributed by atoms with van der Waals surface area (Å²) in [5, 5.41) is 2.77. The van der Waals surface area contributed by atoms with E-state index in [0.29, 0.717) is 17.0 Å². The van der Waals surface area contributed by atoms with E-state index in [1.807, 2.05) is 13.8 Å². The van der Waals surface area contributed by atoms with Gasteiger partial charge in [0.1, 0.15) is 11.6 Å². The molecule has 0 bridgehead atoms. The quantitative estimate of drug-likeness (QED) is 0.573. The van der Waals surface area contributed by atoms with Crippen LogP contribution in [0.5, 0.6) is 5.75 Å². The number of amides is 1. The first-order valence-corrected chi connectivity index (χ1v) is 10.7. The van der Waals surface area contributed by atoms with Crippen molar-refractivity contribution < 1.29 is 22.3 Å². The molecular weight excluding hydrogens is 407 g/mol. The van der Waals surface area contributed by atoms with E-state index in [1.165, 1.54) is 36.4 Å². The van der Waals surface area contributed by atoms with Crippen LogP contribution in [0.25, 0.3) is 0 Å². The fourth-order valence-electron chi connectivity index (χ4n) is 2.61. The monoisotopic (exact) mass is 428 g/mol. The number of nitrogens with one attached hydrogen (secondary N) is 2. The maximum Gasteiger partial charge on any atom is 0.261 e. The van der Waals surface area contributed by atoms with Gasteiger partial charge in [0.15, 0.2) is 0 Å². The summed E-state index contributed by atoms with van der Waals surface area (Å²) in [4.78, 5) is 12.4. The summed E-state index contributed by atoms with van der Waals surface area (Å²) in [7, 11) is -3.85. The van der Waals surface area contributed by atoms with Gasteiger partial charge in [-0.05, 0) is 86.6 Å². The van der Waals surface area contributed by atoms with Crippen LogP contribution in [0.1, 0.15) is 24.2 Å². The maximum atomic E-state index is 13.0. The highest BCUT2D eigenvalue weighted by Gasteiger charge is 2.14. The molecule has 0 heterocycles. The van der Waals surface area contributed by atoms with Crippen molar-refractivity contribution in [1.29, 1.82) is 0 Å². The van der Waals surface area contributed by atoms with E-state index in [2.05, 4.69) is 10.0 Å². The molecule has 0 fully saturated rings. The lowest BCUT2D eigenvalue weighted by molar-refractivity contribution is 0.102. The van der Waals surface area contributed by atoms with Crippen molar-refractivity contribution in [3.8, 4) is 5.75 Å². The number of benzene rings is 3. The molecule has 0 spiro atoms. The van der Waals surface area contributed by atoms with Crippen molar-refractivity contribution >= 4 is 27.3 Å². The van der Waals surface area contributed by atoms with E-state index < -0.39 is 15.8 Å². The first-order chi connectivity index (χ1) is 14.2. The van der Waals surface area contributed by atoms with Crippen molar-refractivity contribution in [2.24, 2.45) is 0 Å². The van der Waals surface area contributed by atoms with Gasteiger partial charge in [-0.3, -0.25) is 9.52 Å². The topological polar surface area (TPSA) is 84.5 Å². The number of hydrogen-bond acceptors (Lipinski definition) is 4. The Hall–Kier alpha value is -3.39. The molecule has 0 aliphatic carbocycles. The molecule has 0 aromatic heterocycles. The zero-order valence-electron chi connectivity index (χ0n) is 16.4. The second-order valence-electron chi connectivity index (χ2n) is 6.78. The molecule has 0 aliphatic heterocycles. The van der Waals surface area contributed by atoms with Crippen molar-refractivity contribution in [2.45, 2.75) is 24.8 Å². The summed E-state index contributed by atoms with van der Waals surface area (Å²) in [6.07, 6.45) is 0.0597. The molecule has 3 aromatic rings. The molecule has 0 aliphatic rings. The summed E-state index contributed by atoms with van der Waals surface area (Å²) in [5.41, 5.74) is 1.26. The largest absolute Gasteiger partial charge is 0.491 e. The lowest BCUT2D eigenvalue weighted by atomic mass is 10.2. The smallest absolute Gasteiger partial charge is 0.261 e. The Kier molecular flexibility index (Phi) is 6.37. The average molecular weight is 428 g/mol. The van der Waals surface area contributed by atoms with Gasteiger partial charge in [0.05, 0.1) is 11.0 Å². The highest BCUT2D eigenvalue weighted by molar-refractivity contribution is 7.92. The lowest BCUT2D eigenvalue weighted by Crippen LogP contribution is -2.14. The number of carbonyl (C=O) groups excluding carboxylic acids is 1. The standard InChI is InChI=1S/C22H21FN2O4S/c1-15(2)29-20-11-9-18(10-12-20)24-22(26)16-3-7-19(8-4-16)25-30(27,28)21-13-5-17(23)6-14-21/h3-15,25H,1-2H3,(H,24,26). The summed E-state index contributed by atoms with van der Waals surface area (Å²) < 4.78 is 45.6. The molecule has 6 nitrogen and oxygen atoms in total. The first kappa shape index (κ1) is 21.3. The summed E-state index contributed by atoms with van der Waals surface area (Å²) >= 11 is 0. The van der Waals surface area contributed by atoms with Gasteiger partial charge in [0.25, 0.3) is 15.9 Å². The highest BCUT2D eigenvalue weighted by Crippen LogP contribution is 2.20. The van der Waals surface area contributed by atoms with Gasteiger partial charge < -0.3 is 10.1 Å². The maximum absolute atomic E-state index is 13.0. The Morgan fingerprint density at radius 3 is 2.00 bits per heavy atom. The lowest BCUT2D eigenvalue weighted by Gasteiger charge is -2.11. The summed E-state index contributed by atoms with van der Waals surface area (Å²) in [6, 6.07) is 17.5. The molecule has 0 atom stereocenters. The van der Waals surface area contributed by atoms with Crippen LogP contribution in [-0.4, -0.2) is 20.4 Å². The van der Waals surface area contributed by atoms with Gasteiger partial charge in [0, 0.05) is 16.9 Å². The Morgan fingerprint density at radius 1 is 0.867 bits per heavy atom. The fraction of sp³-hybridized carbons (Fsp3) is 0.136. The van der Waals surface area contributed by atoms with Gasteiger partial charge in [-0.25, -0.2) is 12.8 Å². The van der Waals surface area contributed by atoms with Crippen molar-refractivity contribution in [2.75, 3.05) is 10.0 Å². The third-order valence-corrected chi connectivity index (χ3v) is 5.40. The first-order valence-electron chi connectivity index (χ1n) is 9.19. The van der Waals surface area contributed by atoms with Crippen LogP contribution in [0, 0.1) is 5.82 Å². The second-order valence-corrected chi connectivity index (χ2v) is 8.46. The van der Waals surface area contributed by atoms with Crippen LogP contribution in [0.4, 0.5) is 15.8 Å². The minimum Gasteiger partial charge on any atom is -0.491 e. The number of ether oxygens (including phenoxy) is 1. The van der Waals surface area contributed by atoms with E-state index >= 15 is 0 Å². The Morgan fingerprint density at radius 2 is 1.43 bits per heavy atom. The molecule has 8 heteroatoms. The number of rotatable bonds is 7. The van der Waals surface area contributed by atoms with Gasteiger partial charge in [-0.2, -0.15) is 0 Å². The van der Waals surface area contributed by atoms with Gasteiger partial charge in [0.2, 0.25) is 0 Å². The van der Waals surface area contributed by atoms with Gasteiger partial charge in [-0.1, -0.05) is 0 Å². The Balaban J connectivity index is 1.64. The number of carbonyl (C=O) groups is 1. The predicted octanol–water partition coefficient (Wildman–Crippen LogP) is 4.67. The van der Waals surface area contributed by atoms with E-state index in [0.717, 1.165) is 12.1 Å². The van der Waals surface area contributed by atoms with Crippen LogP contribution in [0.15, 0.2) is 77.7 Å². The minimum absolute atomic E-state index is 0.0596. The van der Waals surface area contributed by atoms with Crippen LogP contribution in [-0.2, 0) is 10.0 Å². The number of hydrogen-bond donors (Lipinski definition) is 2.